The van der Waals surface area contributed by atoms with Gasteiger partial charge in [-0.2, -0.15) is 4.98 Å². The molecule has 1 aromatic heterocycles. The van der Waals surface area contributed by atoms with Crippen LogP contribution in [0.2, 0.25) is 0 Å². The van der Waals surface area contributed by atoms with Gasteiger partial charge in [-0.3, -0.25) is 4.79 Å². The number of carbonyl (C=O) groups is 1. The summed E-state index contributed by atoms with van der Waals surface area (Å²) in [6.07, 6.45) is 1.18. The van der Waals surface area contributed by atoms with Crippen molar-refractivity contribution in [3.8, 4) is 6.01 Å². The fourth-order valence-corrected chi connectivity index (χ4v) is 2.26. The lowest BCUT2D eigenvalue weighted by Crippen LogP contribution is -2.15. The third-order valence-electron chi connectivity index (χ3n) is 3.66. The normalized spacial score (nSPS) is 10.4. The van der Waals surface area contributed by atoms with Crippen LogP contribution < -0.4 is 10.1 Å². The number of carbonyl (C=O) groups excluding carboxylic acids is 1. The van der Waals surface area contributed by atoms with Crippen molar-refractivity contribution in [1.29, 1.82) is 0 Å². The third-order valence-corrected chi connectivity index (χ3v) is 3.66. The number of anilines is 1. The Bertz CT molecular complexity index is 952. The number of nitrogens with zero attached hydrogens (tertiary/aromatic N) is 2. The van der Waals surface area contributed by atoms with E-state index in [1.165, 1.54) is 12.1 Å². The monoisotopic (exact) mass is 365 g/mol. The van der Waals surface area contributed by atoms with Crippen molar-refractivity contribution < 1.29 is 18.3 Å². The molecule has 27 heavy (non-hydrogen) atoms. The number of halogens is 2. The molecular weight excluding hydrogens is 351 g/mol. The SMILES string of the molecule is [B]Cc1cccc(C(=O)Nc2nc(OCc3ccc(F)cc3)ncc2F)c1. The van der Waals surface area contributed by atoms with Gasteiger partial charge < -0.3 is 10.1 Å². The first-order valence-corrected chi connectivity index (χ1v) is 8.05. The van der Waals surface area contributed by atoms with E-state index in [0.717, 1.165) is 11.8 Å². The Labute approximate surface area is 155 Å². The highest BCUT2D eigenvalue weighted by Gasteiger charge is 2.13. The number of aromatic nitrogens is 2. The molecule has 3 aromatic rings. The lowest BCUT2D eigenvalue weighted by Gasteiger charge is -2.09. The number of ether oxygens (including phenoxy) is 1. The van der Waals surface area contributed by atoms with Gasteiger partial charge in [-0.05, 0) is 29.8 Å². The van der Waals surface area contributed by atoms with Crippen LogP contribution in [0.15, 0.2) is 54.7 Å². The molecule has 1 heterocycles. The van der Waals surface area contributed by atoms with Crippen molar-refractivity contribution in [2.75, 3.05) is 5.32 Å². The maximum absolute atomic E-state index is 13.9. The van der Waals surface area contributed by atoms with E-state index in [1.807, 2.05) is 0 Å². The molecule has 0 atom stereocenters. The van der Waals surface area contributed by atoms with Gasteiger partial charge in [0.1, 0.15) is 12.4 Å². The highest BCUT2D eigenvalue weighted by Crippen LogP contribution is 2.16. The maximum Gasteiger partial charge on any atom is 0.318 e. The molecule has 5 nitrogen and oxygen atoms in total. The van der Waals surface area contributed by atoms with Crippen LogP contribution in [-0.4, -0.2) is 23.7 Å². The van der Waals surface area contributed by atoms with Crippen molar-refractivity contribution in [2.24, 2.45) is 0 Å². The van der Waals surface area contributed by atoms with Gasteiger partial charge in [-0.1, -0.05) is 36.1 Å². The Morgan fingerprint density at radius 2 is 1.89 bits per heavy atom. The zero-order chi connectivity index (χ0) is 19.2. The summed E-state index contributed by atoms with van der Waals surface area (Å²) in [6, 6.07) is 12.2. The second-order valence-corrected chi connectivity index (χ2v) is 5.62. The van der Waals surface area contributed by atoms with E-state index in [0.29, 0.717) is 11.1 Å². The molecule has 134 valence electrons. The molecule has 0 unspecified atom stereocenters. The minimum atomic E-state index is -0.799. The Morgan fingerprint density at radius 3 is 2.63 bits per heavy atom. The summed E-state index contributed by atoms with van der Waals surface area (Å²) in [4.78, 5) is 19.9. The summed E-state index contributed by atoms with van der Waals surface area (Å²) >= 11 is 0. The summed E-state index contributed by atoms with van der Waals surface area (Å²) in [5.41, 5.74) is 1.78. The lowest BCUT2D eigenvalue weighted by atomic mass is 9.95. The Kier molecular flexibility index (Phi) is 5.75. The number of hydrogen-bond donors (Lipinski definition) is 1. The minimum absolute atomic E-state index is 0.0673. The van der Waals surface area contributed by atoms with E-state index in [1.54, 1.807) is 36.4 Å². The van der Waals surface area contributed by atoms with Gasteiger partial charge in [0.25, 0.3) is 5.91 Å². The molecule has 0 saturated carbocycles. The van der Waals surface area contributed by atoms with Crippen LogP contribution in [0.5, 0.6) is 6.01 Å². The van der Waals surface area contributed by atoms with E-state index >= 15 is 0 Å². The predicted molar refractivity (Wildman–Crippen MR) is 96.6 cm³/mol. The largest absolute Gasteiger partial charge is 0.459 e. The molecule has 0 saturated heterocycles. The maximum atomic E-state index is 13.9. The third kappa shape index (κ3) is 4.87. The van der Waals surface area contributed by atoms with Crippen LogP contribution in [-0.2, 0) is 12.9 Å². The Hall–Kier alpha value is -3.29. The van der Waals surface area contributed by atoms with Gasteiger partial charge in [0.05, 0.1) is 14.0 Å². The van der Waals surface area contributed by atoms with Crippen molar-refractivity contribution in [1.82, 2.24) is 9.97 Å². The molecule has 1 amide bonds. The van der Waals surface area contributed by atoms with E-state index < -0.39 is 11.7 Å². The molecule has 1 N–H and O–H groups in total. The Balaban J connectivity index is 1.70. The first-order chi connectivity index (χ1) is 13.0. The molecule has 0 fully saturated rings. The Morgan fingerprint density at radius 1 is 1.11 bits per heavy atom. The van der Waals surface area contributed by atoms with Crippen molar-refractivity contribution in [2.45, 2.75) is 12.9 Å². The summed E-state index contributed by atoms with van der Waals surface area (Å²) in [5.74, 6) is -2.00. The lowest BCUT2D eigenvalue weighted by molar-refractivity contribution is 0.102. The first-order valence-electron chi connectivity index (χ1n) is 8.05. The van der Waals surface area contributed by atoms with Crippen LogP contribution in [0.3, 0.4) is 0 Å². The molecule has 0 spiro atoms. The average Bonchev–Trinajstić information content (AvgIpc) is 2.69. The zero-order valence-corrected chi connectivity index (χ0v) is 14.2. The highest BCUT2D eigenvalue weighted by molar-refractivity contribution is 6.09. The quantitative estimate of drug-likeness (QED) is 0.682. The van der Waals surface area contributed by atoms with Gasteiger partial charge in [-0.25, -0.2) is 13.8 Å². The summed E-state index contributed by atoms with van der Waals surface area (Å²) in [7, 11) is 5.56. The molecule has 0 aliphatic carbocycles. The number of benzene rings is 2. The molecule has 2 radical (unpaired) electrons. The van der Waals surface area contributed by atoms with Crippen molar-refractivity contribution >= 4 is 19.6 Å². The smallest absolute Gasteiger partial charge is 0.318 e. The van der Waals surface area contributed by atoms with Crippen molar-refractivity contribution in [3.05, 3.63) is 83.1 Å². The van der Waals surface area contributed by atoms with E-state index in [2.05, 4.69) is 15.3 Å². The molecule has 8 heteroatoms. The highest BCUT2D eigenvalue weighted by atomic mass is 19.1. The van der Waals surface area contributed by atoms with Crippen LogP contribution in [0.1, 0.15) is 21.5 Å². The topological polar surface area (TPSA) is 64.1 Å². The second kappa shape index (κ2) is 8.40. The van der Waals surface area contributed by atoms with Gasteiger partial charge in [-0.15, -0.1) is 0 Å². The van der Waals surface area contributed by atoms with Gasteiger partial charge >= 0.3 is 6.01 Å². The summed E-state index contributed by atoms with van der Waals surface area (Å²) < 4.78 is 32.2. The molecule has 0 aliphatic heterocycles. The molecule has 2 aromatic carbocycles. The molecule has 0 bridgehead atoms. The number of amides is 1. The van der Waals surface area contributed by atoms with E-state index in [4.69, 9.17) is 12.6 Å². The average molecular weight is 365 g/mol. The number of nitrogens with one attached hydrogen (secondary N) is 1. The fourth-order valence-electron chi connectivity index (χ4n) is 2.26. The molecule has 0 aliphatic rings. The van der Waals surface area contributed by atoms with Gasteiger partial charge in [0, 0.05) is 5.56 Å². The number of hydrogen-bond acceptors (Lipinski definition) is 4. The second-order valence-electron chi connectivity index (χ2n) is 5.62. The van der Waals surface area contributed by atoms with E-state index in [-0.39, 0.29) is 30.6 Å². The van der Waals surface area contributed by atoms with Crippen LogP contribution in [0.4, 0.5) is 14.6 Å². The van der Waals surface area contributed by atoms with Crippen LogP contribution >= 0.6 is 0 Å². The minimum Gasteiger partial charge on any atom is -0.459 e. The first kappa shape index (κ1) is 18.5. The summed E-state index contributed by atoms with van der Waals surface area (Å²) in [6.45, 7) is 0.0673. The van der Waals surface area contributed by atoms with E-state index in [9.17, 15) is 13.6 Å². The predicted octanol–water partition coefficient (Wildman–Crippen LogP) is 3.25. The molecular formula is C19H14BF2N3O2. The van der Waals surface area contributed by atoms with Crippen LogP contribution in [0.25, 0.3) is 0 Å². The van der Waals surface area contributed by atoms with Crippen molar-refractivity contribution in [3.63, 3.8) is 0 Å². The van der Waals surface area contributed by atoms with Gasteiger partial charge in [0.2, 0.25) is 0 Å². The van der Waals surface area contributed by atoms with Gasteiger partial charge in [0.15, 0.2) is 11.6 Å². The fraction of sp³-hybridized carbons (Fsp3) is 0.105. The standard InChI is InChI=1S/C19H14BF2N3O2/c20-9-13-2-1-3-14(8-13)18(26)24-17-16(22)10-23-19(25-17)27-11-12-4-6-15(21)7-5-12/h1-8,10H,9,11H2,(H,23,24,25,26). The number of rotatable bonds is 6. The van der Waals surface area contributed by atoms with Crippen LogP contribution in [0, 0.1) is 11.6 Å². The molecule has 3 rings (SSSR count). The summed E-state index contributed by atoms with van der Waals surface area (Å²) in [5, 5.41) is 2.39. The zero-order valence-electron chi connectivity index (χ0n) is 14.2.